The summed E-state index contributed by atoms with van der Waals surface area (Å²) in [7, 11) is 1.23. The predicted octanol–water partition coefficient (Wildman–Crippen LogP) is 9.85. The molecule has 4 rings (SSSR count). The number of benzene rings is 3. The molecular formula is C39H46F4O6. The Bertz CT molecular complexity index is 1500. The molecule has 1 aliphatic carbocycles. The molecule has 2 atom stereocenters. The van der Waals surface area contributed by atoms with Gasteiger partial charge in [-0.15, -0.1) is 0 Å². The summed E-state index contributed by atoms with van der Waals surface area (Å²) >= 11 is 0. The minimum Gasteiger partial charge on any atom is -0.494 e. The first kappa shape index (κ1) is 37.9. The van der Waals surface area contributed by atoms with Gasteiger partial charge in [-0.2, -0.15) is 13.2 Å². The third-order valence-electron chi connectivity index (χ3n) is 8.80. The van der Waals surface area contributed by atoms with Crippen LogP contribution in [0.25, 0.3) is 11.1 Å². The fourth-order valence-electron chi connectivity index (χ4n) is 5.93. The summed E-state index contributed by atoms with van der Waals surface area (Å²) in [5.41, 5.74) is 2.63. The second-order valence-corrected chi connectivity index (χ2v) is 12.6. The van der Waals surface area contributed by atoms with Crippen LogP contribution >= 0.6 is 0 Å². The van der Waals surface area contributed by atoms with E-state index >= 15 is 0 Å². The molecule has 0 radical (unpaired) electrons. The SMILES string of the molecule is CCCCCCCCCCOc1ccc2c(c1)CCC(C(=O)Oc1ccc(-c3ccc(C(=O)OC(CCOC)C(F)(F)F)c(F)c3)cc1)C2. The molecule has 0 amide bonds. The van der Waals surface area contributed by atoms with Crippen LogP contribution in [0.1, 0.15) is 92.6 Å². The Morgan fingerprint density at radius 3 is 2.16 bits per heavy atom. The lowest BCUT2D eigenvalue weighted by Crippen LogP contribution is -2.35. The van der Waals surface area contributed by atoms with Crippen molar-refractivity contribution in [3.63, 3.8) is 0 Å². The van der Waals surface area contributed by atoms with Crippen LogP contribution < -0.4 is 9.47 Å². The molecule has 0 aliphatic heterocycles. The van der Waals surface area contributed by atoms with E-state index in [-0.39, 0.29) is 18.5 Å². The van der Waals surface area contributed by atoms with E-state index in [4.69, 9.17) is 9.47 Å². The number of carbonyl (C=O) groups is 2. The number of rotatable bonds is 18. The maximum absolute atomic E-state index is 14.8. The summed E-state index contributed by atoms with van der Waals surface area (Å²) in [6.07, 6.45) is 4.17. The van der Waals surface area contributed by atoms with Crippen molar-refractivity contribution in [2.75, 3.05) is 20.3 Å². The number of aryl methyl sites for hydroxylation is 1. The number of ether oxygens (including phenoxy) is 4. The van der Waals surface area contributed by atoms with Gasteiger partial charge < -0.3 is 18.9 Å². The number of unbranched alkanes of at least 4 members (excludes halogenated alkanes) is 7. The largest absolute Gasteiger partial charge is 0.494 e. The molecule has 266 valence electrons. The smallest absolute Gasteiger partial charge is 0.425 e. The van der Waals surface area contributed by atoms with E-state index in [2.05, 4.69) is 22.5 Å². The predicted molar refractivity (Wildman–Crippen MR) is 179 cm³/mol. The van der Waals surface area contributed by atoms with E-state index in [0.29, 0.717) is 36.3 Å². The molecule has 0 N–H and O–H groups in total. The highest BCUT2D eigenvalue weighted by molar-refractivity contribution is 5.90. The molecule has 2 unspecified atom stereocenters. The number of alkyl halides is 3. The van der Waals surface area contributed by atoms with E-state index in [1.807, 2.05) is 12.1 Å². The van der Waals surface area contributed by atoms with Gasteiger partial charge in [0.05, 0.1) is 24.7 Å². The van der Waals surface area contributed by atoms with Crippen molar-refractivity contribution < 1.29 is 46.1 Å². The third-order valence-corrected chi connectivity index (χ3v) is 8.80. The molecule has 0 heterocycles. The van der Waals surface area contributed by atoms with Crippen molar-refractivity contribution >= 4 is 11.9 Å². The van der Waals surface area contributed by atoms with Gasteiger partial charge in [0.25, 0.3) is 0 Å². The van der Waals surface area contributed by atoms with E-state index in [1.54, 1.807) is 24.3 Å². The highest BCUT2D eigenvalue weighted by Gasteiger charge is 2.43. The minimum atomic E-state index is -4.82. The Morgan fingerprint density at radius 1 is 0.816 bits per heavy atom. The van der Waals surface area contributed by atoms with Crippen LogP contribution in [0.5, 0.6) is 11.5 Å². The number of esters is 2. The number of halogens is 4. The van der Waals surface area contributed by atoms with Crippen LogP contribution in [-0.2, 0) is 27.1 Å². The Morgan fingerprint density at radius 2 is 1.49 bits per heavy atom. The van der Waals surface area contributed by atoms with Gasteiger partial charge in [-0.3, -0.25) is 4.79 Å². The van der Waals surface area contributed by atoms with Gasteiger partial charge in [-0.05, 0) is 84.3 Å². The van der Waals surface area contributed by atoms with Gasteiger partial charge in [0.1, 0.15) is 17.3 Å². The van der Waals surface area contributed by atoms with E-state index in [0.717, 1.165) is 36.3 Å². The van der Waals surface area contributed by atoms with Crippen LogP contribution in [0.4, 0.5) is 17.6 Å². The fraction of sp³-hybridized carbons (Fsp3) is 0.487. The van der Waals surface area contributed by atoms with Crippen LogP contribution in [0.15, 0.2) is 60.7 Å². The molecule has 1 aliphatic rings. The summed E-state index contributed by atoms with van der Waals surface area (Å²) in [5, 5.41) is 0. The van der Waals surface area contributed by atoms with Crippen molar-refractivity contribution in [1.82, 2.24) is 0 Å². The number of methoxy groups -OCH3 is 1. The van der Waals surface area contributed by atoms with Gasteiger partial charge >= 0.3 is 18.1 Å². The van der Waals surface area contributed by atoms with Crippen molar-refractivity contribution in [3.05, 3.63) is 83.2 Å². The monoisotopic (exact) mass is 686 g/mol. The standard InChI is InChI=1S/C39H46F4O6/c1-3-4-5-6-7-8-9-10-22-47-33-19-15-28-24-31(12-11-29(28)25-33)37(44)48-32-17-13-27(14-18-32)30-16-20-34(35(40)26-30)38(45)49-36(21-23-46-2)39(41,42)43/h13-20,25-26,31,36H,3-12,21-24H2,1-2H3. The second-order valence-electron chi connectivity index (χ2n) is 12.6. The van der Waals surface area contributed by atoms with Crippen molar-refractivity contribution in [3.8, 4) is 22.6 Å². The molecule has 0 aromatic heterocycles. The van der Waals surface area contributed by atoms with Gasteiger partial charge in [0.2, 0.25) is 0 Å². The topological polar surface area (TPSA) is 71.1 Å². The molecule has 3 aromatic carbocycles. The average molecular weight is 687 g/mol. The number of fused-ring (bicyclic) bond motifs is 1. The molecule has 0 spiro atoms. The van der Waals surface area contributed by atoms with Gasteiger partial charge in [-0.25, -0.2) is 9.18 Å². The van der Waals surface area contributed by atoms with Crippen molar-refractivity contribution in [1.29, 1.82) is 0 Å². The zero-order chi connectivity index (χ0) is 35.2. The van der Waals surface area contributed by atoms with Crippen LogP contribution in [0.2, 0.25) is 0 Å². The Hall–Kier alpha value is -3.92. The third kappa shape index (κ3) is 11.6. The first-order chi connectivity index (χ1) is 23.6. The molecule has 49 heavy (non-hydrogen) atoms. The zero-order valence-electron chi connectivity index (χ0n) is 28.3. The van der Waals surface area contributed by atoms with E-state index < -0.39 is 36.1 Å². The quantitative estimate of drug-likeness (QED) is 0.0574. The number of hydrogen-bond acceptors (Lipinski definition) is 6. The summed E-state index contributed by atoms with van der Waals surface area (Å²) in [4.78, 5) is 25.4. The average Bonchev–Trinajstić information content (AvgIpc) is 3.08. The van der Waals surface area contributed by atoms with Gasteiger partial charge in [0, 0.05) is 13.5 Å². The molecule has 3 aromatic rings. The first-order valence-corrected chi connectivity index (χ1v) is 17.2. The molecule has 10 heteroatoms. The summed E-state index contributed by atoms with van der Waals surface area (Å²) in [5.74, 6) is -1.86. The zero-order valence-corrected chi connectivity index (χ0v) is 28.3. The lowest BCUT2D eigenvalue weighted by Gasteiger charge is -2.23. The van der Waals surface area contributed by atoms with Gasteiger partial charge in [0.15, 0.2) is 6.10 Å². The first-order valence-electron chi connectivity index (χ1n) is 17.2. The van der Waals surface area contributed by atoms with Crippen LogP contribution in [0.3, 0.4) is 0 Å². The van der Waals surface area contributed by atoms with Gasteiger partial charge in [-0.1, -0.05) is 76.1 Å². The second kappa shape index (κ2) is 18.7. The number of carbonyl (C=O) groups excluding carboxylic acids is 2. The molecule has 0 fully saturated rings. The lowest BCUT2D eigenvalue weighted by atomic mass is 9.84. The van der Waals surface area contributed by atoms with Crippen molar-refractivity contribution in [2.24, 2.45) is 5.92 Å². The van der Waals surface area contributed by atoms with Crippen molar-refractivity contribution in [2.45, 2.75) is 96.3 Å². The maximum atomic E-state index is 14.8. The Kier molecular flexibility index (Phi) is 14.5. The normalized spacial score (nSPS) is 14.9. The highest BCUT2D eigenvalue weighted by Crippen LogP contribution is 2.32. The fourth-order valence-corrected chi connectivity index (χ4v) is 5.93. The molecular weight excluding hydrogens is 640 g/mol. The summed E-state index contributed by atoms with van der Waals surface area (Å²) in [6, 6.07) is 16.1. The molecule has 6 nitrogen and oxygen atoms in total. The molecule has 0 bridgehead atoms. The lowest BCUT2D eigenvalue weighted by molar-refractivity contribution is -0.208. The summed E-state index contributed by atoms with van der Waals surface area (Å²) < 4.78 is 75.4. The highest BCUT2D eigenvalue weighted by atomic mass is 19.4. The van der Waals surface area contributed by atoms with E-state index in [9.17, 15) is 27.2 Å². The Balaban J connectivity index is 1.25. The molecule has 0 saturated carbocycles. The van der Waals surface area contributed by atoms with Crippen LogP contribution in [0, 0.1) is 11.7 Å². The molecule has 0 saturated heterocycles. The van der Waals surface area contributed by atoms with E-state index in [1.165, 1.54) is 63.7 Å². The summed E-state index contributed by atoms with van der Waals surface area (Å²) in [6.45, 7) is 2.65. The maximum Gasteiger partial charge on any atom is 0.425 e. The Labute approximate surface area is 286 Å². The minimum absolute atomic E-state index is 0.283. The van der Waals surface area contributed by atoms with Crippen LogP contribution in [-0.4, -0.2) is 44.5 Å². The number of hydrogen-bond donors (Lipinski definition) is 0.